The summed E-state index contributed by atoms with van der Waals surface area (Å²) >= 11 is 0. The average Bonchev–Trinajstić information content (AvgIpc) is 2.83. The van der Waals surface area contributed by atoms with Crippen LogP contribution in [0.5, 0.6) is 0 Å². The van der Waals surface area contributed by atoms with Crippen LogP contribution in [0.25, 0.3) is 11.0 Å². The summed E-state index contributed by atoms with van der Waals surface area (Å²) in [6.45, 7) is 2.17. The first-order chi connectivity index (χ1) is 10.3. The van der Waals surface area contributed by atoms with Gasteiger partial charge in [-0.25, -0.2) is 13.2 Å². The molecule has 2 aromatic rings. The lowest BCUT2D eigenvalue weighted by Gasteiger charge is -2.36. The van der Waals surface area contributed by atoms with Crippen LogP contribution in [0.1, 0.15) is 6.92 Å². The second-order valence-electron chi connectivity index (χ2n) is 5.34. The molecule has 2 N–H and O–H groups in total. The normalized spacial score (nSPS) is 20.7. The molecule has 0 bridgehead atoms. The molecule has 0 aliphatic carbocycles. The standard InChI is InChI=1S/C13H16N4O4S/c1-8-12(18)16(2)5-6-17(8)22(20,21)9-3-4-10-11(7-9)15-13(19)14-10/h3-4,7-8H,5-6H2,1-2H3,(H2,14,15,19). The Morgan fingerprint density at radius 1 is 1.14 bits per heavy atom. The van der Waals surface area contributed by atoms with Crippen LogP contribution in [0.15, 0.2) is 27.9 Å². The Hall–Kier alpha value is -2.13. The van der Waals surface area contributed by atoms with Gasteiger partial charge in [0, 0.05) is 20.1 Å². The number of imidazole rings is 1. The van der Waals surface area contributed by atoms with Crippen molar-refractivity contribution in [2.24, 2.45) is 0 Å². The second-order valence-corrected chi connectivity index (χ2v) is 7.23. The summed E-state index contributed by atoms with van der Waals surface area (Å²) in [7, 11) is -2.15. The van der Waals surface area contributed by atoms with Gasteiger partial charge in [-0.1, -0.05) is 0 Å². The third-order valence-electron chi connectivity index (χ3n) is 3.92. The Kier molecular flexibility index (Phi) is 3.33. The molecule has 1 atom stereocenters. The number of aromatic nitrogens is 2. The Labute approximate surface area is 126 Å². The van der Waals surface area contributed by atoms with Crippen molar-refractivity contribution in [2.75, 3.05) is 20.1 Å². The van der Waals surface area contributed by atoms with Crippen molar-refractivity contribution in [1.29, 1.82) is 0 Å². The highest BCUT2D eigenvalue weighted by Crippen LogP contribution is 2.23. The molecule has 1 saturated heterocycles. The molecule has 1 aliphatic heterocycles. The van der Waals surface area contributed by atoms with Crippen molar-refractivity contribution in [3.8, 4) is 0 Å². The Balaban J connectivity index is 2.04. The first kappa shape index (κ1) is 14.8. The highest BCUT2D eigenvalue weighted by Gasteiger charge is 2.37. The monoisotopic (exact) mass is 324 g/mol. The summed E-state index contributed by atoms with van der Waals surface area (Å²) in [5.41, 5.74) is 0.554. The van der Waals surface area contributed by atoms with Crippen LogP contribution in [0.4, 0.5) is 0 Å². The SMILES string of the molecule is CC1C(=O)N(C)CCN1S(=O)(=O)c1ccc2[nH]c(=O)[nH]c2c1. The smallest absolute Gasteiger partial charge is 0.323 e. The fourth-order valence-corrected chi connectivity index (χ4v) is 4.24. The zero-order chi connectivity index (χ0) is 16.1. The number of rotatable bonds is 2. The maximum Gasteiger partial charge on any atom is 0.323 e. The van der Waals surface area contributed by atoms with Gasteiger partial charge in [0.25, 0.3) is 0 Å². The molecular weight excluding hydrogens is 308 g/mol. The van der Waals surface area contributed by atoms with Crippen LogP contribution in [0.3, 0.4) is 0 Å². The second kappa shape index (κ2) is 4.96. The van der Waals surface area contributed by atoms with Gasteiger partial charge in [0.15, 0.2) is 0 Å². The predicted molar refractivity (Wildman–Crippen MR) is 79.9 cm³/mol. The number of carbonyl (C=O) groups is 1. The van der Waals surface area contributed by atoms with Crippen LogP contribution in [-0.2, 0) is 14.8 Å². The summed E-state index contributed by atoms with van der Waals surface area (Å²) in [5, 5.41) is 0. The summed E-state index contributed by atoms with van der Waals surface area (Å²) in [5.74, 6) is -0.231. The van der Waals surface area contributed by atoms with Gasteiger partial charge in [0.05, 0.1) is 15.9 Å². The third-order valence-corrected chi connectivity index (χ3v) is 5.88. The molecule has 1 unspecified atom stereocenters. The number of carbonyl (C=O) groups excluding carboxylic acids is 1. The van der Waals surface area contributed by atoms with E-state index in [1.165, 1.54) is 27.4 Å². The van der Waals surface area contributed by atoms with E-state index >= 15 is 0 Å². The van der Waals surface area contributed by atoms with Gasteiger partial charge < -0.3 is 14.9 Å². The molecule has 1 amide bonds. The Morgan fingerprint density at radius 2 is 1.82 bits per heavy atom. The number of H-pyrrole nitrogens is 2. The molecule has 1 aliphatic rings. The number of piperazine rings is 1. The minimum absolute atomic E-state index is 0.0550. The molecule has 0 spiro atoms. The first-order valence-electron chi connectivity index (χ1n) is 6.79. The summed E-state index contributed by atoms with van der Waals surface area (Å²) < 4.78 is 26.7. The largest absolute Gasteiger partial charge is 0.343 e. The predicted octanol–water partition coefficient (Wildman–Crippen LogP) is -0.293. The highest BCUT2D eigenvalue weighted by atomic mass is 32.2. The molecule has 9 heteroatoms. The third kappa shape index (κ3) is 2.22. The van der Waals surface area contributed by atoms with Crippen molar-refractivity contribution in [2.45, 2.75) is 17.9 Å². The lowest BCUT2D eigenvalue weighted by molar-refractivity contribution is -0.136. The van der Waals surface area contributed by atoms with Crippen molar-refractivity contribution >= 4 is 27.0 Å². The van der Waals surface area contributed by atoms with Gasteiger partial charge in [0.1, 0.15) is 6.04 Å². The minimum atomic E-state index is -3.80. The fraction of sp³-hybridized carbons (Fsp3) is 0.385. The minimum Gasteiger partial charge on any atom is -0.343 e. The molecule has 2 heterocycles. The summed E-state index contributed by atoms with van der Waals surface area (Å²) in [6, 6.07) is 3.61. The number of sulfonamides is 1. The number of nitrogens with one attached hydrogen (secondary N) is 2. The van der Waals surface area contributed by atoms with E-state index in [2.05, 4.69) is 9.97 Å². The van der Waals surface area contributed by atoms with E-state index in [-0.39, 0.29) is 17.3 Å². The number of nitrogens with zero attached hydrogens (tertiary/aromatic N) is 2. The highest BCUT2D eigenvalue weighted by molar-refractivity contribution is 7.89. The van der Waals surface area contributed by atoms with E-state index in [1.807, 2.05) is 0 Å². The van der Waals surface area contributed by atoms with E-state index in [0.29, 0.717) is 17.6 Å². The molecule has 0 radical (unpaired) electrons. The lowest BCUT2D eigenvalue weighted by atomic mass is 10.2. The number of benzene rings is 1. The van der Waals surface area contributed by atoms with E-state index in [0.717, 1.165) is 0 Å². The quantitative estimate of drug-likeness (QED) is 0.791. The molecular formula is C13H16N4O4S. The summed E-state index contributed by atoms with van der Waals surface area (Å²) in [6.07, 6.45) is 0. The zero-order valence-corrected chi connectivity index (χ0v) is 13.0. The molecule has 1 aromatic heterocycles. The van der Waals surface area contributed by atoms with E-state index < -0.39 is 21.8 Å². The number of aromatic amines is 2. The van der Waals surface area contributed by atoms with Crippen molar-refractivity contribution in [1.82, 2.24) is 19.2 Å². The van der Waals surface area contributed by atoms with Gasteiger partial charge in [0.2, 0.25) is 15.9 Å². The number of fused-ring (bicyclic) bond motifs is 1. The average molecular weight is 324 g/mol. The number of amides is 1. The van der Waals surface area contributed by atoms with Crippen LogP contribution in [0.2, 0.25) is 0 Å². The first-order valence-corrected chi connectivity index (χ1v) is 8.23. The maximum atomic E-state index is 12.8. The molecule has 22 heavy (non-hydrogen) atoms. The molecule has 1 aromatic carbocycles. The Morgan fingerprint density at radius 3 is 2.55 bits per heavy atom. The molecule has 0 saturated carbocycles. The zero-order valence-electron chi connectivity index (χ0n) is 12.2. The van der Waals surface area contributed by atoms with Crippen molar-refractivity contribution in [3.63, 3.8) is 0 Å². The fourth-order valence-electron chi connectivity index (χ4n) is 2.63. The molecule has 118 valence electrons. The summed E-state index contributed by atoms with van der Waals surface area (Å²) in [4.78, 5) is 29.9. The van der Waals surface area contributed by atoms with Gasteiger partial charge in [-0.2, -0.15) is 4.31 Å². The lowest BCUT2D eigenvalue weighted by Crippen LogP contribution is -2.56. The number of hydrogen-bond acceptors (Lipinski definition) is 4. The maximum absolute atomic E-state index is 12.8. The number of hydrogen-bond donors (Lipinski definition) is 2. The van der Waals surface area contributed by atoms with Crippen LogP contribution in [0, 0.1) is 0 Å². The Bertz CT molecular complexity index is 898. The molecule has 3 rings (SSSR count). The van der Waals surface area contributed by atoms with E-state index in [9.17, 15) is 18.0 Å². The van der Waals surface area contributed by atoms with Gasteiger partial charge in [-0.15, -0.1) is 0 Å². The van der Waals surface area contributed by atoms with Gasteiger partial charge in [-0.3, -0.25) is 4.79 Å². The van der Waals surface area contributed by atoms with Crippen LogP contribution in [-0.4, -0.2) is 59.7 Å². The van der Waals surface area contributed by atoms with Crippen molar-refractivity contribution < 1.29 is 13.2 Å². The van der Waals surface area contributed by atoms with Crippen LogP contribution < -0.4 is 5.69 Å². The molecule has 1 fully saturated rings. The van der Waals surface area contributed by atoms with Crippen molar-refractivity contribution in [3.05, 3.63) is 28.7 Å². The van der Waals surface area contributed by atoms with Crippen LogP contribution >= 0.6 is 0 Å². The van der Waals surface area contributed by atoms with E-state index in [4.69, 9.17) is 0 Å². The van der Waals surface area contributed by atoms with Gasteiger partial charge >= 0.3 is 5.69 Å². The number of likely N-dealkylation sites (N-methyl/N-ethyl adjacent to an activating group) is 1. The van der Waals surface area contributed by atoms with Gasteiger partial charge in [-0.05, 0) is 25.1 Å². The van der Waals surface area contributed by atoms with E-state index in [1.54, 1.807) is 14.0 Å². The topological polar surface area (TPSA) is 106 Å². The molecule has 8 nitrogen and oxygen atoms in total.